The number of anilines is 2. The first kappa shape index (κ1) is 12.4. The van der Waals surface area contributed by atoms with Gasteiger partial charge in [-0.15, -0.1) is 0 Å². The molecule has 0 aliphatic carbocycles. The van der Waals surface area contributed by atoms with E-state index >= 15 is 0 Å². The lowest BCUT2D eigenvalue weighted by atomic mass is 10.3. The molecule has 0 atom stereocenters. The minimum absolute atomic E-state index is 0.312. The minimum Gasteiger partial charge on any atom is -0.332 e. The van der Waals surface area contributed by atoms with E-state index in [1.165, 1.54) is 6.07 Å². The van der Waals surface area contributed by atoms with Crippen LogP contribution < -0.4 is 10.6 Å². The monoisotopic (exact) mass is 264 g/mol. The third-order valence-electron chi connectivity index (χ3n) is 2.21. The summed E-state index contributed by atoms with van der Waals surface area (Å²) in [6.45, 7) is 0. The molecule has 2 N–H and O–H groups in total. The third kappa shape index (κ3) is 3.24. The fourth-order valence-corrected chi connectivity index (χ4v) is 1.62. The van der Waals surface area contributed by atoms with Crippen molar-refractivity contribution in [3.63, 3.8) is 0 Å². The van der Waals surface area contributed by atoms with Crippen LogP contribution in [0.4, 0.5) is 20.2 Å². The Kier molecular flexibility index (Phi) is 3.84. The number of hydrogen-bond acceptors (Lipinski definition) is 1. The van der Waals surface area contributed by atoms with Gasteiger partial charge in [0.05, 0.1) is 0 Å². The van der Waals surface area contributed by atoms with Crippen LogP contribution in [0.3, 0.4) is 0 Å². The van der Waals surface area contributed by atoms with Crippen LogP contribution in [0.5, 0.6) is 0 Å². The van der Waals surface area contributed by atoms with Gasteiger partial charge in [0.25, 0.3) is 0 Å². The second-order valence-corrected chi connectivity index (χ2v) is 3.98. The third-order valence-corrected chi connectivity index (χ3v) is 2.41. The first-order valence-electron chi connectivity index (χ1n) is 5.23. The van der Waals surface area contributed by atoms with Crippen molar-refractivity contribution in [2.45, 2.75) is 0 Å². The molecule has 5 heteroatoms. The summed E-state index contributed by atoms with van der Waals surface area (Å²) in [5, 5.41) is 6.01. The molecule has 0 aromatic heterocycles. The van der Waals surface area contributed by atoms with Crippen molar-refractivity contribution >= 4 is 28.7 Å². The fourth-order valence-electron chi connectivity index (χ4n) is 1.39. The molecule has 0 bridgehead atoms. The SMILES string of the molecule is Fc1ccc(NC(=S)Nc2ccccc2)cc1F. The molecule has 0 fully saturated rings. The Bertz CT molecular complexity index is 558. The summed E-state index contributed by atoms with van der Waals surface area (Å²) in [6.07, 6.45) is 0. The first-order chi connectivity index (χ1) is 8.65. The van der Waals surface area contributed by atoms with E-state index in [0.29, 0.717) is 10.8 Å². The van der Waals surface area contributed by atoms with Crippen molar-refractivity contribution < 1.29 is 8.78 Å². The Morgan fingerprint density at radius 3 is 2.17 bits per heavy atom. The Morgan fingerprint density at radius 2 is 1.50 bits per heavy atom. The highest BCUT2D eigenvalue weighted by molar-refractivity contribution is 7.80. The van der Waals surface area contributed by atoms with Crippen molar-refractivity contribution in [3.05, 3.63) is 60.2 Å². The van der Waals surface area contributed by atoms with Gasteiger partial charge in [-0.05, 0) is 36.5 Å². The number of rotatable bonds is 2. The number of para-hydroxylation sites is 1. The topological polar surface area (TPSA) is 24.1 Å². The van der Waals surface area contributed by atoms with Gasteiger partial charge >= 0.3 is 0 Å². The molecule has 0 radical (unpaired) electrons. The molecule has 0 spiro atoms. The van der Waals surface area contributed by atoms with Crippen molar-refractivity contribution in [2.24, 2.45) is 0 Å². The highest BCUT2D eigenvalue weighted by atomic mass is 32.1. The predicted molar refractivity (Wildman–Crippen MR) is 72.6 cm³/mol. The van der Waals surface area contributed by atoms with Crippen molar-refractivity contribution in [1.29, 1.82) is 0 Å². The Hall–Kier alpha value is -2.01. The molecule has 2 aromatic carbocycles. The Morgan fingerprint density at radius 1 is 0.833 bits per heavy atom. The van der Waals surface area contributed by atoms with E-state index in [0.717, 1.165) is 17.8 Å². The van der Waals surface area contributed by atoms with Gasteiger partial charge in [-0.3, -0.25) is 0 Å². The predicted octanol–water partition coefficient (Wildman–Crippen LogP) is 3.77. The van der Waals surface area contributed by atoms with Gasteiger partial charge in [0.1, 0.15) is 0 Å². The lowest BCUT2D eigenvalue weighted by Crippen LogP contribution is -2.19. The maximum absolute atomic E-state index is 13.0. The highest BCUT2D eigenvalue weighted by Crippen LogP contribution is 2.14. The van der Waals surface area contributed by atoms with Crippen LogP contribution in [0.15, 0.2) is 48.5 Å². The van der Waals surface area contributed by atoms with E-state index in [9.17, 15) is 8.78 Å². The minimum atomic E-state index is -0.914. The molecule has 2 nitrogen and oxygen atoms in total. The van der Waals surface area contributed by atoms with Gasteiger partial charge in [-0.1, -0.05) is 18.2 Å². The average Bonchev–Trinajstić information content (AvgIpc) is 2.35. The van der Waals surface area contributed by atoms with Crippen LogP contribution >= 0.6 is 12.2 Å². The number of thiocarbonyl (C=S) groups is 1. The maximum Gasteiger partial charge on any atom is 0.175 e. The zero-order valence-electron chi connectivity index (χ0n) is 9.28. The van der Waals surface area contributed by atoms with E-state index < -0.39 is 11.6 Å². The molecule has 2 rings (SSSR count). The molecule has 0 amide bonds. The molecule has 0 unspecified atom stereocenters. The second-order valence-electron chi connectivity index (χ2n) is 3.57. The van der Waals surface area contributed by atoms with E-state index in [1.54, 1.807) is 0 Å². The summed E-state index contributed by atoms with van der Waals surface area (Å²) in [6, 6.07) is 12.8. The standard InChI is InChI=1S/C13H10F2N2S/c14-11-7-6-10(8-12(11)15)17-13(18)16-9-4-2-1-3-5-9/h1-8H,(H2,16,17,18). The summed E-state index contributed by atoms with van der Waals surface area (Å²) >= 11 is 5.06. The quantitative estimate of drug-likeness (QED) is 0.807. The van der Waals surface area contributed by atoms with E-state index in [-0.39, 0.29) is 0 Å². The van der Waals surface area contributed by atoms with Crippen molar-refractivity contribution in [2.75, 3.05) is 10.6 Å². The molecule has 92 valence electrons. The van der Waals surface area contributed by atoms with Crippen molar-refractivity contribution in [1.82, 2.24) is 0 Å². The fraction of sp³-hybridized carbons (Fsp3) is 0. The van der Waals surface area contributed by atoms with Gasteiger partial charge < -0.3 is 10.6 Å². The van der Waals surface area contributed by atoms with Gasteiger partial charge in [-0.2, -0.15) is 0 Å². The molecular formula is C13H10F2N2S. The van der Waals surface area contributed by atoms with Gasteiger partial charge in [-0.25, -0.2) is 8.78 Å². The van der Waals surface area contributed by atoms with Crippen LogP contribution in [-0.4, -0.2) is 5.11 Å². The largest absolute Gasteiger partial charge is 0.332 e. The van der Waals surface area contributed by atoms with Crippen LogP contribution in [0, 0.1) is 11.6 Å². The number of hydrogen-bond donors (Lipinski definition) is 2. The number of benzene rings is 2. The molecular weight excluding hydrogens is 254 g/mol. The first-order valence-corrected chi connectivity index (χ1v) is 5.64. The van der Waals surface area contributed by atoms with E-state index in [1.807, 2.05) is 30.3 Å². The highest BCUT2D eigenvalue weighted by Gasteiger charge is 2.03. The molecule has 18 heavy (non-hydrogen) atoms. The van der Waals surface area contributed by atoms with Gasteiger partial charge in [0.2, 0.25) is 0 Å². The molecule has 0 aliphatic heterocycles. The smallest absolute Gasteiger partial charge is 0.175 e. The molecule has 0 heterocycles. The summed E-state index contributed by atoms with van der Waals surface area (Å²) in [4.78, 5) is 0. The van der Waals surface area contributed by atoms with Crippen LogP contribution in [0.1, 0.15) is 0 Å². The zero-order valence-corrected chi connectivity index (χ0v) is 10.1. The lowest BCUT2D eigenvalue weighted by molar-refractivity contribution is 0.509. The number of halogens is 2. The summed E-state index contributed by atoms with van der Waals surface area (Å²) in [5.41, 5.74) is 1.21. The van der Waals surface area contributed by atoms with Crippen LogP contribution in [0.25, 0.3) is 0 Å². The second kappa shape index (κ2) is 5.55. The van der Waals surface area contributed by atoms with Gasteiger partial charge in [0, 0.05) is 17.4 Å². The van der Waals surface area contributed by atoms with Crippen LogP contribution in [0.2, 0.25) is 0 Å². The van der Waals surface area contributed by atoms with Crippen molar-refractivity contribution in [3.8, 4) is 0 Å². The summed E-state index contributed by atoms with van der Waals surface area (Å²) in [7, 11) is 0. The summed E-state index contributed by atoms with van der Waals surface area (Å²) < 4.78 is 25.7. The van der Waals surface area contributed by atoms with E-state index in [4.69, 9.17) is 12.2 Å². The lowest BCUT2D eigenvalue weighted by Gasteiger charge is -2.10. The number of nitrogens with one attached hydrogen (secondary N) is 2. The normalized spacial score (nSPS) is 9.89. The molecule has 0 saturated carbocycles. The zero-order chi connectivity index (χ0) is 13.0. The Balaban J connectivity index is 2.01. The van der Waals surface area contributed by atoms with E-state index in [2.05, 4.69) is 10.6 Å². The van der Waals surface area contributed by atoms with Crippen LogP contribution in [-0.2, 0) is 0 Å². The molecule has 0 aliphatic rings. The summed E-state index contributed by atoms with van der Waals surface area (Å²) in [5.74, 6) is -1.80. The van der Waals surface area contributed by atoms with Gasteiger partial charge in [0.15, 0.2) is 16.7 Å². The average molecular weight is 264 g/mol. The molecule has 0 saturated heterocycles. The maximum atomic E-state index is 13.0. The Labute approximate surface area is 109 Å². The molecule has 2 aromatic rings.